The highest BCUT2D eigenvalue weighted by atomic mass is 32.1. The quantitative estimate of drug-likeness (QED) is 0.542. The van der Waals surface area contributed by atoms with Crippen molar-refractivity contribution in [1.82, 2.24) is 25.4 Å². The highest BCUT2D eigenvalue weighted by Gasteiger charge is 2.38. The Hall–Kier alpha value is -3.47. The third-order valence-corrected chi connectivity index (χ3v) is 6.06. The SMILES string of the molecule is CC(C)NC(=O)N1CCN(C(=O)c2cccs2)C(C(=O)NC(Cc2cccnc2)C(N)=O)C1. The molecule has 0 radical (unpaired) electrons. The number of amides is 5. The molecule has 2 aromatic heterocycles. The number of rotatable bonds is 7. The van der Waals surface area contributed by atoms with E-state index in [1.165, 1.54) is 21.1 Å². The molecule has 1 aliphatic rings. The molecule has 5 amide bonds. The van der Waals surface area contributed by atoms with E-state index in [2.05, 4.69) is 15.6 Å². The van der Waals surface area contributed by atoms with Gasteiger partial charge in [0.2, 0.25) is 11.8 Å². The molecule has 2 unspecified atom stereocenters. The second-order valence-electron chi connectivity index (χ2n) is 8.07. The lowest BCUT2D eigenvalue weighted by atomic mass is 10.1. The molecule has 33 heavy (non-hydrogen) atoms. The molecule has 11 heteroatoms. The van der Waals surface area contributed by atoms with Gasteiger partial charge in [0.25, 0.3) is 5.91 Å². The Labute approximate surface area is 196 Å². The van der Waals surface area contributed by atoms with Gasteiger partial charge in [-0.1, -0.05) is 12.1 Å². The maximum absolute atomic E-state index is 13.3. The molecule has 3 rings (SSSR count). The van der Waals surface area contributed by atoms with E-state index in [0.29, 0.717) is 4.88 Å². The lowest BCUT2D eigenvalue weighted by Gasteiger charge is -2.40. The molecule has 2 aromatic rings. The van der Waals surface area contributed by atoms with Crippen LogP contribution in [0, 0.1) is 0 Å². The van der Waals surface area contributed by atoms with Crippen molar-refractivity contribution in [3.63, 3.8) is 0 Å². The van der Waals surface area contributed by atoms with Gasteiger partial charge in [0.15, 0.2) is 0 Å². The minimum absolute atomic E-state index is 0.000123. The molecule has 1 fully saturated rings. The molecule has 0 bridgehead atoms. The number of pyridine rings is 1. The van der Waals surface area contributed by atoms with Crippen molar-refractivity contribution in [3.05, 3.63) is 52.5 Å². The fourth-order valence-corrected chi connectivity index (χ4v) is 4.24. The topological polar surface area (TPSA) is 138 Å². The lowest BCUT2D eigenvalue weighted by Crippen LogP contribution is -2.64. The molecule has 1 aliphatic heterocycles. The van der Waals surface area contributed by atoms with Crippen LogP contribution in [0.25, 0.3) is 0 Å². The van der Waals surface area contributed by atoms with Crippen LogP contribution in [0.15, 0.2) is 42.0 Å². The minimum Gasteiger partial charge on any atom is -0.368 e. The summed E-state index contributed by atoms with van der Waals surface area (Å²) in [6.07, 6.45) is 3.36. The Morgan fingerprint density at radius 1 is 1.18 bits per heavy atom. The van der Waals surface area contributed by atoms with Crippen molar-refractivity contribution in [2.24, 2.45) is 5.73 Å². The molecule has 1 saturated heterocycles. The van der Waals surface area contributed by atoms with Crippen LogP contribution in [-0.4, -0.2) is 76.3 Å². The van der Waals surface area contributed by atoms with Gasteiger partial charge in [-0.25, -0.2) is 4.79 Å². The number of piperazine rings is 1. The Morgan fingerprint density at radius 2 is 1.97 bits per heavy atom. The lowest BCUT2D eigenvalue weighted by molar-refractivity contribution is -0.131. The second-order valence-corrected chi connectivity index (χ2v) is 9.02. The van der Waals surface area contributed by atoms with Crippen LogP contribution in [-0.2, 0) is 16.0 Å². The van der Waals surface area contributed by atoms with Crippen LogP contribution < -0.4 is 16.4 Å². The minimum atomic E-state index is -0.986. The van der Waals surface area contributed by atoms with E-state index >= 15 is 0 Å². The fourth-order valence-electron chi connectivity index (χ4n) is 3.56. The normalized spacial score (nSPS) is 16.9. The van der Waals surface area contributed by atoms with Gasteiger partial charge >= 0.3 is 6.03 Å². The largest absolute Gasteiger partial charge is 0.368 e. The van der Waals surface area contributed by atoms with E-state index < -0.39 is 23.9 Å². The molecule has 176 valence electrons. The van der Waals surface area contributed by atoms with Crippen molar-refractivity contribution in [2.75, 3.05) is 19.6 Å². The number of nitrogens with zero attached hydrogens (tertiary/aromatic N) is 3. The number of hydrogen-bond acceptors (Lipinski definition) is 6. The van der Waals surface area contributed by atoms with Crippen LogP contribution in [0.5, 0.6) is 0 Å². The third-order valence-electron chi connectivity index (χ3n) is 5.20. The second kappa shape index (κ2) is 10.9. The van der Waals surface area contributed by atoms with E-state index in [-0.39, 0.29) is 44.0 Å². The summed E-state index contributed by atoms with van der Waals surface area (Å²) in [5, 5.41) is 7.27. The van der Waals surface area contributed by atoms with Gasteiger partial charge in [0.05, 0.1) is 11.4 Å². The molecule has 0 aliphatic carbocycles. The Morgan fingerprint density at radius 3 is 2.58 bits per heavy atom. The number of nitrogens with two attached hydrogens (primary N) is 1. The monoisotopic (exact) mass is 472 g/mol. The van der Waals surface area contributed by atoms with Gasteiger partial charge < -0.3 is 26.2 Å². The Kier molecular flexibility index (Phi) is 7.99. The van der Waals surface area contributed by atoms with E-state index in [0.717, 1.165) is 5.56 Å². The smallest absolute Gasteiger partial charge is 0.317 e. The van der Waals surface area contributed by atoms with E-state index in [9.17, 15) is 19.2 Å². The summed E-state index contributed by atoms with van der Waals surface area (Å²) in [6.45, 7) is 4.15. The molecule has 2 atom stereocenters. The number of carbonyl (C=O) groups is 4. The number of hydrogen-bond donors (Lipinski definition) is 3. The van der Waals surface area contributed by atoms with E-state index in [1.54, 1.807) is 42.0 Å². The van der Waals surface area contributed by atoms with Gasteiger partial charge in [-0.15, -0.1) is 11.3 Å². The number of primary amides is 1. The molecule has 10 nitrogen and oxygen atoms in total. The van der Waals surface area contributed by atoms with Crippen molar-refractivity contribution in [2.45, 2.75) is 38.4 Å². The zero-order valence-corrected chi connectivity index (χ0v) is 19.4. The average molecular weight is 473 g/mol. The van der Waals surface area contributed by atoms with E-state index in [4.69, 9.17) is 5.73 Å². The maximum atomic E-state index is 13.3. The predicted octanol–water partition coefficient (Wildman–Crippen LogP) is 0.600. The number of nitrogens with one attached hydrogen (secondary N) is 2. The maximum Gasteiger partial charge on any atom is 0.317 e. The summed E-state index contributed by atoms with van der Waals surface area (Å²) in [5.74, 6) is -1.54. The summed E-state index contributed by atoms with van der Waals surface area (Å²) in [4.78, 5) is 58.4. The predicted molar refractivity (Wildman–Crippen MR) is 123 cm³/mol. The van der Waals surface area contributed by atoms with Crippen molar-refractivity contribution in [3.8, 4) is 0 Å². The van der Waals surface area contributed by atoms with Gasteiger partial charge in [0.1, 0.15) is 12.1 Å². The molecular weight excluding hydrogens is 444 g/mol. The average Bonchev–Trinajstić information content (AvgIpc) is 3.33. The summed E-state index contributed by atoms with van der Waals surface area (Å²) in [7, 11) is 0. The molecule has 4 N–H and O–H groups in total. The van der Waals surface area contributed by atoms with Crippen molar-refractivity contribution in [1.29, 1.82) is 0 Å². The first-order chi connectivity index (χ1) is 15.8. The van der Waals surface area contributed by atoms with Gasteiger partial charge in [-0.05, 0) is 36.9 Å². The third kappa shape index (κ3) is 6.28. The van der Waals surface area contributed by atoms with Crippen molar-refractivity contribution < 1.29 is 19.2 Å². The number of thiophene rings is 1. The fraction of sp³-hybridized carbons (Fsp3) is 0.409. The Bertz CT molecular complexity index is 982. The van der Waals surface area contributed by atoms with E-state index in [1.807, 2.05) is 13.8 Å². The zero-order chi connectivity index (χ0) is 24.0. The van der Waals surface area contributed by atoms with Crippen LogP contribution in [0.2, 0.25) is 0 Å². The molecule has 0 aromatic carbocycles. The van der Waals surface area contributed by atoms with Gasteiger partial charge in [0, 0.05) is 37.9 Å². The summed E-state index contributed by atoms with van der Waals surface area (Å²) >= 11 is 1.28. The zero-order valence-electron chi connectivity index (χ0n) is 18.6. The van der Waals surface area contributed by atoms with Crippen LogP contribution in [0.1, 0.15) is 29.1 Å². The van der Waals surface area contributed by atoms with Crippen LogP contribution in [0.3, 0.4) is 0 Å². The molecule has 3 heterocycles. The van der Waals surface area contributed by atoms with Gasteiger partial charge in [-0.3, -0.25) is 19.4 Å². The highest BCUT2D eigenvalue weighted by molar-refractivity contribution is 7.12. The first-order valence-electron chi connectivity index (χ1n) is 10.6. The standard InChI is InChI=1S/C22H28N6O4S/c1-14(2)25-22(32)27-8-9-28(21(31)18-6-4-10-33-18)17(13-27)20(30)26-16(19(23)29)11-15-5-3-7-24-12-15/h3-7,10,12,14,16-17H,8-9,11,13H2,1-2H3,(H2,23,29)(H,25,32)(H,26,30). The summed E-state index contributed by atoms with van der Waals surface area (Å²) in [5.41, 5.74) is 6.27. The van der Waals surface area contributed by atoms with Gasteiger partial charge in [-0.2, -0.15) is 0 Å². The van der Waals surface area contributed by atoms with Crippen LogP contribution >= 0.6 is 11.3 Å². The van der Waals surface area contributed by atoms with Crippen molar-refractivity contribution >= 4 is 35.1 Å². The first-order valence-corrected chi connectivity index (χ1v) is 11.5. The summed E-state index contributed by atoms with van der Waals surface area (Å²) in [6, 6.07) is 4.61. The number of carbonyl (C=O) groups excluding carboxylic acids is 4. The molecule has 0 spiro atoms. The Balaban J connectivity index is 1.80. The summed E-state index contributed by atoms with van der Waals surface area (Å²) < 4.78 is 0. The highest BCUT2D eigenvalue weighted by Crippen LogP contribution is 2.18. The molecular formula is C22H28N6O4S. The number of urea groups is 1. The first kappa shape index (κ1) is 24.2. The molecule has 0 saturated carbocycles. The van der Waals surface area contributed by atoms with Crippen LogP contribution in [0.4, 0.5) is 4.79 Å². The number of aromatic nitrogens is 1.